The SMILES string of the molecule is O=C(NC1C[C@H]2CCC[C@@H](C1)N2C(=O)N1CCCCC1)c1ccccc1. The summed E-state index contributed by atoms with van der Waals surface area (Å²) in [6.07, 6.45) is 8.59. The lowest BCUT2D eigenvalue weighted by Crippen LogP contribution is -2.61. The van der Waals surface area contributed by atoms with E-state index in [9.17, 15) is 9.59 Å². The first kappa shape index (κ1) is 17.4. The van der Waals surface area contributed by atoms with Gasteiger partial charge in [-0.15, -0.1) is 0 Å². The van der Waals surface area contributed by atoms with E-state index in [2.05, 4.69) is 15.1 Å². The van der Waals surface area contributed by atoms with Crippen molar-refractivity contribution in [2.45, 2.75) is 69.5 Å². The van der Waals surface area contributed by atoms with E-state index >= 15 is 0 Å². The maximum Gasteiger partial charge on any atom is 0.320 e. The normalized spacial score (nSPS) is 28.5. The third kappa shape index (κ3) is 3.57. The molecule has 0 aliphatic carbocycles. The number of carbonyl (C=O) groups is 2. The summed E-state index contributed by atoms with van der Waals surface area (Å²) in [4.78, 5) is 29.8. The predicted octanol–water partition coefficient (Wildman–Crippen LogP) is 3.41. The average Bonchev–Trinajstić information content (AvgIpc) is 2.68. The second-order valence-electron chi connectivity index (χ2n) is 7.98. The molecule has 1 aromatic carbocycles. The summed E-state index contributed by atoms with van der Waals surface area (Å²) in [5, 5.41) is 3.21. The predicted molar refractivity (Wildman–Crippen MR) is 101 cm³/mol. The van der Waals surface area contributed by atoms with Crippen LogP contribution in [0.2, 0.25) is 0 Å². The molecule has 3 fully saturated rings. The van der Waals surface area contributed by atoms with Crippen LogP contribution in [0.4, 0.5) is 4.79 Å². The molecule has 3 aliphatic rings. The number of nitrogens with zero attached hydrogens (tertiary/aromatic N) is 2. The molecule has 0 radical (unpaired) electrons. The molecule has 140 valence electrons. The minimum absolute atomic E-state index is 0.00415. The van der Waals surface area contributed by atoms with Gasteiger partial charge in [0.05, 0.1) is 0 Å². The quantitative estimate of drug-likeness (QED) is 0.884. The molecule has 1 aromatic rings. The van der Waals surface area contributed by atoms with E-state index < -0.39 is 0 Å². The smallest absolute Gasteiger partial charge is 0.320 e. The van der Waals surface area contributed by atoms with Crippen LogP contribution < -0.4 is 5.32 Å². The number of rotatable bonds is 2. The minimum Gasteiger partial charge on any atom is -0.349 e. The number of fused-ring (bicyclic) bond motifs is 2. The van der Waals surface area contributed by atoms with Gasteiger partial charge in [0.15, 0.2) is 0 Å². The zero-order valence-electron chi connectivity index (χ0n) is 15.4. The van der Waals surface area contributed by atoms with Gasteiger partial charge < -0.3 is 15.1 Å². The summed E-state index contributed by atoms with van der Waals surface area (Å²) in [7, 11) is 0. The Morgan fingerprint density at radius 2 is 1.54 bits per heavy atom. The summed E-state index contributed by atoms with van der Waals surface area (Å²) in [5.41, 5.74) is 0.712. The summed E-state index contributed by atoms with van der Waals surface area (Å²) >= 11 is 0. The van der Waals surface area contributed by atoms with Crippen LogP contribution >= 0.6 is 0 Å². The van der Waals surface area contributed by atoms with Gasteiger partial charge in [-0.25, -0.2) is 4.79 Å². The lowest BCUT2D eigenvalue weighted by Gasteiger charge is -2.50. The van der Waals surface area contributed by atoms with E-state index in [0.29, 0.717) is 5.56 Å². The second kappa shape index (κ2) is 7.68. The van der Waals surface area contributed by atoms with E-state index in [4.69, 9.17) is 0 Å². The zero-order valence-corrected chi connectivity index (χ0v) is 15.4. The molecule has 2 bridgehead atoms. The number of piperidine rings is 3. The van der Waals surface area contributed by atoms with Crippen LogP contribution in [0.25, 0.3) is 0 Å². The number of amides is 3. The van der Waals surface area contributed by atoms with Crippen molar-refractivity contribution in [1.29, 1.82) is 0 Å². The number of hydrogen-bond acceptors (Lipinski definition) is 2. The first-order valence-electron chi connectivity index (χ1n) is 10.2. The summed E-state index contributed by atoms with van der Waals surface area (Å²) < 4.78 is 0. The lowest BCUT2D eigenvalue weighted by atomic mass is 9.81. The van der Waals surface area contributed by atoms with Crippen LogP contribution in [0, 0.1) is 0 Å². The Labute approximate surface area is 155 Å². The number of likely N-dealkylation sites (tertiary alicyclic amines) is 1. The molecule has 3 saturated heterocycles. The van der Waals surface area contributed by atoms with Gasteiger partial charge in [0.25, 0.3) is 5.91 Å². The first-order valence-corrected chi connectivity index (χ1v) is 10.2. The van der Waals surface area contributed by atoms with Gasteiger partial charge in [-0.1, -0.05) is 18.2 Å². The molecule has 3 aliphatic heterocycles. The molecule has 4 rings (SSSR count). The van der Waals surface area contributed by atoms with Crippen LogP contribution in [0.15, 0.2) is 30.3 Å². The van der Waals surface area contributed by atoms with Crippen molar-refractivity contribution in [1.82, 2.24) is 15.1 Å². The Kier molecular flexibility index (Phi) is 5.14. The monoisotopic (exact) mass is 355 g/mol. The van der Waals surface area contributed by atoms with Gasteiger partial charge in [0, 0.05) is 36.8 Å². The van der Waals surface area contributed by atoms with Crippen LogP contribution in [-0.2, 0) is 0 Å². The third-order valence-corrected chi connectivity index (χ3v) is 6.19. The highest BCUT2D eigenvalue weighted by Crippen LogP contribution is 2.35. The summed E-state index contributed by atoms with van der Waals surface area (Å²) in [6.45, 7) is 1.81. The molecule has 5 nitrogen and oxygen atoms in total. The Hall–Kier alpha value is -2.04. The lowest BCUT2D eigenvalue weighted by molar-refractivity contribution is 0.0340. The molecule has 0 spiro atoms. The minimum atomic E-state index is 0.00415. The molecule has 3 atom stereocenters. The number of hydrogen-bond donors (Lipinski definition) is 1. The van der Waals surface area contributed by atoms with Crippen molar-refractivity contribution in [3.05, 3.63) is 35.9 Å². The van der Waals surface area contributed by atoms with Gasteiger partial charge >= 0.3 is 6.03 Å². The largest absolute Gasteiger partial charge is 0.349 e. The van der Waals surface area contributed by atoms with E-state index in [1.165, 1.54) is 12.8 Å². The molecular formula is C21H29N3O2. The molecule has 5 heteroatoms. The molecule has 1 N–H and O–H groups in total. The summed E-state index contributed by atoms with van der Waals surface area (Å²) in [5.74, 6) is 0.00415. The highest BCUT2D eigenvalue weighted by atomic mass is 16.2. The zero-order chi connectivity index (χ0) is 17.9. The maximum atomic E-state index is 13.1. The maximum absolute atomic E-state index is 13.1. The molecular weight excluding hydrogens is 326 g/mol. The first-order chi connectivity index (χ1) is 12.7. The van der Waals surface area contributed by atoms with Crippen molar-refractivity contribution in [3.63, 3.8) is 0 Å². The molecule has 1 unspecified atom stereocenters. The van der Waals surface area contributed by atoms with Crippen molar-refractivity contribution >= 4 is 11.9 Å². The molecule has 0 aromatic heterocycles. The molecule has 0 saturated carbocycles. The summed E-state index contributed by atoms with van der Waals surface area (Å²) in [6, 6.07) is 10.4. The Bertz CT molecular complexity index is 628. The van der Waals surface area contributed by atoms with Crippen LogP contribution in [-0.4, -0.2) is 53.0 Å². The van der Waals surface area contributed by atoms with Gasteiger partial charge in [-0.05, 0) is 63.5 Å². The highest BCUT2D eigenvalue weighted by Gasteiger charge is 2.42. The van der Waals surface area contributed by atoms with E-state index in [-0.39, 0.29) is 30.1 Å². The Balaban J connectivity index is 1.41. The van der Waals surface area contributed by atoms with Gasteiger partial charge in [0.2, 0.25) is 0 Å². The van der Waals surface area contributed by atoms with Gasteiger partial charge in [0.1, 0.15) is 0 Å². The van der Waals surface area contributed by atoms with E-state index in [0.717, 1.165) is 51.6 Å². The van der Waals surface area contributed by atoms with Crippen LogP contribution in [0.1, 0.15) is 61.7 Å². The van der Waals surface area contributed by atoms with Crippen molar-refractivity contribution in [3.8, 4) is 0 Å². The van der Waals surface area contributed by atoms with E-state index in [1.54, 1.807) is 0 Å². The number of benzene rings is 1. The average molecular weight is 355 g/mol. The molecule has 3 heterocycles. The van der Waals surface area contributed by atoms with Crippen LogP contribution in [0.5, 0.6) is 0 Å². The molecule has 3 amide bonds. The third-order valence-electron chi connectivity index (χ3n) is 6.19. The van der Waals surface area contributed by atoms with Crippen molar-refractivity contribution in [2.24, 2.45) is 0 Å². The van der Waals surface area contributed by atoms with Crippen LogP contribution in [0.3, 0.4) is 0 Å². The standard InChI is InChI=1S/C21H29N3O2/c25-20(16-8-3-1-4-9-16)22-17-14-18-10-7-11-19(15-17)24(18)21(26)23-12-5-2-6-13-23/h1,3-4,8-9,17-19H,2,5-7,10-15H2,(H,22,25)/t17?,18-,19+. The topological polar surface area (TPSA) is 52.7 Å². The van der Waals surface area contributed by atoms with Crippen molar-refractivity contribution < 1.29 is 9.59 Å². The highest BCUT2D eigenvalue weighted by molar-refractivity contribution is 5.94. The number of carbonyl (C=O) groups excluding carboxylic acids is 2. The van der Waals surface area contributed by atoms with Gasteiger partial charge in [-0.2, -0.15) is 0 Å². The fraction of sp³-hybridized carbons (Fsp3) is 0.619. The van der Waals surface area contributed by atoms with Crippen molar-refractivity contribution in [2.75, 3.05) is 13.1 Å². The second-order valence-corrected chi connectivity index (χ2v) is 7.98. The fourth-order valence-corrected chi connectivity index (χ4v) is 4.92. The number of urea groups is 1. The fourth-order valence-electron chi connectivity index (χ4n) is 4.92. The van der Waals surface area contributed by atoms with Gasteiger partial charge in [-0.3, -0.25) is 4.79 Å². The number of nitrogens with one attached hydrogen (secondary N) is 1. The Morgan fingerprint density at radius 1 is 0.885 bits per heavy atom. The molecule has 26 heavy (non-hydrogen) atoms. The van der Waals surface area contributed by atoms with E-state index in [1.807, 2.05) is 30.3 Å². The Morgan fingerprint density at radius 3 is 2.19 bits per heavy atom.